The van der Waals surface area contributed by atoms with E-state index in [-0.39, 0.29) is 6.61 Å². The van der Waals surface area contributed by atoms with Crippen molar-refractivity contribution < 1.29 is 5.11 Å². The van der Waals surface area contributed by atoms with E-state index in [0.29, 0.717) is 0 Å². The second-order valence-corrected chi connectivity index (χ2v) is 5.67. The summed E-state index contributed by atoms with van der Waals surface area (Å²) in [7, 11) is 4.13. The minimum atomic E-state index is 0.0369. The van der Waals surface area contributed by atoms with Crippen molar-refractivity contribution in [1.82, 2.24) is 9.88 Å². The van der Waals surface area contributed by atoms with Gasteiger partial charge in [0.1, 0.15) is 5.03 Å². The SMILES string of the molecule is CN([11CH3])Cc1ccccc1Sc1ccc(CO)cn1. The Bertz CT molecular complexity index is 526. The molecule has 3 nitrogen and oxygen atoms in total. The Morgan fingerprint density at radius 2 is 1.95 bits per heavy atom. The Balaban J connectivity index is 2.17. The Labute approximate surface area is 118 Å². The van der Waals surface area contributed by atoms with Crippen molar-refractivity contribution in [2.45, 2.75) is 23.1 Å². The van der Waals surface area contributed by atoms with Crippen LogP contribution in [0.25, 0.3) is 0 Å². The molecule has 1 aromatic heterocycles. The van der Waals surface area contributed by atoms with Crippen LogP contribution in [0, 0.1) is 0 Å². The van der Waals surface area contributed by atoms with E-state index in [1.54, 1.807) is 18.0 Å². The first kappa shape index (κ1) is 14.1. The van der Waals surface area contributed by atoms with Crippen LogP contribution in [0.5, 0.6) is 0 Å². The number of hydrogen-bond donors (Lipinski definition) is 1. The molecule has 1 aromatic carbocycles. The second kappa shape index (κ2) is 6.70. The number of aliphatic hydroxyl groups is 1. The molecule has 0 bridgehead atoms. The van der Waals surface area contributed by atoms with Gasteiger partial charge in [-0.25, -0.2) is 4.98 Å². The minimum Gasteiger partial charge on any atom is -0.392 e. The van der Waals surface area contributed by atoms with Gasteiger partial charge in [0.25, 0.3) is 0 Å². The molecule has 0 saturated carbocycles. The van der Waals surface area contributed by atoms with Gasteiger partial charge in [0, 0.05) is 17.6 Å². The molecule has 0 aliphatic heterocycles. The van der Waals surface area contributed by atoms with Crippen molar-refractivity contribution in [3.05, 3.63) is 53.7 Å². The first-order valence-corrected chi connectivity index (χ1v) is 6.97. The quantitative estimate of drug-likeness (QED) is 0.909. The average Bonchev–Trinajstić information content (AvgIpc) is 2.41. The highest BCUT2D eigenvalue weighted by molar-refractivity contribution is 7.99. The van der Waals surface area contributed by atoms with Crippen LogP contribution >= 0.6 is 11.8 Å². The third-order valence-electron chi connectivity index (χ3n) is 2.65. The number of rotatable bonds is 5. The second-order valence-electron chi connectivity index (χ2n) is 4.61. The van der Waals surface area contributed by atoms with Gasteiger partial charge in [-0.3, -0.25) is 0 Å². The number of pyridine rings is 1. The van der Waals surface area contributed by atoms with E-state index in [9.17, 15) is 0 Å². The fraction of sp³-hybridized carbons (Fsp3) is 0.267. The Hall–Kier alpha value is -1.36. The molecule has 19 heavy (non-hydrogen) atoms. The van der Waals surface area contributed by atoms with E-state index in [0.717, 1.165) is 17.1 Å². The van der Waals surface area contributed by atoms with E-state index in [1.807, 2.05) is 18.2 Å². The molecule has 0 amide bonds. The van der Waals surface area contributed by atoms with Crippen molar-refractivity contribution in [3.63, 3.8) is 0 Å². The molecular weight excluding hydrogens is 255 g/mol. The normalized spacial score (nSPS) is 10.9. The van der Waals surface area contributed by atoms with Gasteiger partial charge in [-0.15, -0.1) is 0 Å². The summed E-state index contributed by atoms with van der Waals surface area (Å²) in [6, 6.07) is 12.2. The molecule has 0 aliphatic rings. The smallest absolute Gasteiger partial charge is 0.101 e. The number of benzene rings is 1. The Morgan fingerprint density at radius 3 is 2.58 bits per heavy atom. The lowest BCUT2D eigenvalue weighted by Crippen LogP contribution is -2.11. The summed E-state index contributed by atoms with van der Waals surface area (Å²) < 4.78 is 0. The molecule has 0 radical (unpaired) electrons. The van der Waals surface area contributed by atoms with Crippen molar-refractivity contribution in [2.75, 3.05) is 14.1 Å². The van der Waals surface area contributed by atoms with Crippen LogP contribution in [0.4, 0.5) is 0 Å². The molecule has 100 valence electrons. The highest BCUT2D eigenvalue weighted by Gasteiger charge is 2.05. The van der Waals surface area contributed by atoms with Crippen LogP contribution < -0.4 is 0 Å². The lowest BCUT2D eigenvalue weighted by atomic mass is 10.2. The molecule has 0 saturated heterocycles. The van der Waals surface area contributed by atoms with Gasteiger partial charge in [0.15, 0.2) is 0 Å². The zero-order valence-electron chi connectivity index (χ0n) is 11.2. The summed E-state index contributed by atoms with van der Waals surface area (Å²) >= 11 is 1.66. The van der Waals surface area contributed by atoms with Gasteiger partial charge in [-0.2, -0.15) is 0 Å². The predicted octanol–water partition coefficient (Wildman–Crippen LogP) is 2.79. The third kappa shape index (κ3) is 4.06. The van der Waals surface area contributed by atoms with E-state index in [2.05, 4.69) is 42.2 Å². The number of nitrogens with zero attached hydrogens (tertiary/aromatic N) is 2. The molecule has 2 aromatic rings. The summed E-state index contributed by atoms with van der Waals surface area (Å²) in [5, 5.41) is 9.96. The fourth-order valence-corrected chi connectivity index (χ4v) is 2.63. The van der Waals surface area contributed by atoms with Crippen LogP contribution in [-0.4, -0.2) is 29.1 Å². The molecule has 1 N–H and O–H groups in total. The van der Waals surface area contributed by atoms with E-state index in [4.69, 9.17) is 5.11 Å². The lowest BCUT2D eigenvalue weighted by molar-refractivity contribution is 0.281. The first-order valence-electron chi connectivity index (χ1n) is 6.15. The predicted molar refractivity (Wildman–Crippen MR) is 78.1 cm³/mol. The molecular formula is C15H18N2OS. The maximum atomic E-state index is 9.01. The van der Waals surface area contributed by atoms with Crippen LogP contribution in [0.3, 0.4) is 0 Å². The van der Waals surface area contributed by atoms with Crippen LogP contribution in [0.1, 0.15) is 11.1 Å². The highest BCUT2D eigenvalue weighted by Crippen LogP contribution is 2.29. The molecule has 0 unspecified atom stereocenters. The Kier molecular flexibility index (Phi) is 4.96. The van der Waals surface area contributed by atoms with E-state index >= 15 is 0 Å². The van der Waals surface area contributed by atoms with Gasteiger partial charge in [-0.1, -0.05) is 36.0 Å². The summed E-state index contributed by atoms with van der Waals surface area (Å²) in [6.07, 6.45) is 1.72. The van der Waals surface area contributed by atoms with Crippen molar-refractivity contribution in [2.24, 2.45) is 0 Å². The fourth-order valence-electron chi connectivity index (χ4n) is 1.75. The molecule has 0 spiro atoms. The molecule has 0 aliphatic carbocycles. The maximum Gasteiger partial charge on any atom is 0.101 e. The summed E-state index contributed by atoms with van der Waals surface area (Å²) in [5.74, 6) is 0. The van der Waals surface area contributed by atoms with Crippen LogP contribution in [0.2, 0.25) is 0 Å². The molecule has 2 rings (SSSR count). The number of aromatic nitrogens is 1. The molecule has 4 heteroatoms. The minimum absolute atomic E-state index is 0.0369. The molecule has 0 atom stereocenters. The topological polar surface area (TPSA) is 36.4 Å². The third-order valence-corrected chi connectivity index (χ3v) is 3.72. The van der Waals surface area contributed by atoms with Crippen molar-refractivity contribution in [1.29, 1.82) is 0 Å². The monoisotopic (exact) mass is 273 g/mol. The van der Waals surface area contributed by atoms with Gasteiger partial charge < -0.3 is 10.0 Å². The van der Waals surface area contributed by atoms with Crippen LogP contribution in [0.15, 0.2) is 52.5 Å². The summed E-state index contributed by atoms with van der Waals surface area (Å²) in [5.41, 5.74) is 2.14. The largest absolute Gasteiger partial charge is 0.392 e. The number of hydrogen-bond acceptors (Lipinski definition) is 4. The van der Waals surface area contributed by atoms with Crippen molar-refractivity contribution in [3.8, 4) is 0 Å². The van der Waals surface area contributed by atoms with Crippen LogP contribution in [-0.2, 0) is 13.2 Å². The van der Waals surface area contributed by atoms with Gasteiger partial charge in [0.05, 0.1) is 6.61 Å². The van der Waals surface area contributed by atoms with E-state index < -0.39 is 0 Å². The lowest BCUT2D eigenvalue weighted by Gasteiger charge is -2.13. The van der Waals surface area contributed by atoms with E-state index in [1.165, 1.54) is 10.5 Å². The summed E-state index contributed by atoms with van der Waals surface area (Å²) in [4.78, 5) is 7.73. The van der Waals surface area contributed by atoms with Gasteiger partial charge in [0.2, 0.25) is 0 Å². The average molecular weight is 273 g/mol. The van der Waals surface area contributed by atoms with Gasteiger partial charge in [-0.05, 0) is 37.4 Å². The standard InChI is InChI=1S/C15H18N2OS/c1-17(2)10-13-5-3-4-6-14(13)19-15-8-7-12(11-18)9-16-15/h3-9,18H,10-11H2,1-2H3/i1-1. The first-order chi connectivity index (χ1) is 9.19. The van der Waals surface area contributed by atoms with Gasteiger partial charge >= 0.3 is 0 Å². The maximum absolute atomic E-state index is 9.01. The zero-order chi connectivity index (χ0) is 13.7. The van der Waals surface area contributed by atoms with Crippen molar-refractivity contribution >= 4 is 11.8 Å². The molecule has 0 fully saturated rings. The summed E-state index contributed by atoms with van der Waals surface area (Å²) in [6.45, 7) is 0.951. The highest BCUT2D eigenvalue weighted by atomic mass is 32.2. The molecule has 1 heterocycles. The Morgan fingerprint density at radius 1 is 1.16 bits per heavy atom. The zero-order valence-corrected chi connectivity index (χ0v) is 12.0. The number of aliphatic hydroxyl groups excluding tert-OH is 1.